The molecule has 2 aromatic carbocycles. The van der Waals surface area contributed by atoms with Gasteiger partial charge in [-0.1, -0.05) is 69.7 Å². The molecule has 0 spiro atoms. The molecular weight excluding hydrogens is 386 g/mol. The number of aromatic nitrogens is 7. The van der Waals surface area contributed by atoms with Gasteiger partial charge in [-0.3, -0.25) is 0 Å². The third kappa shape index (κ3) is 5.23. The summed E-state index contributed by atoms with van der Waals surface area (Å²) in [5, 5.41) is 19.1. The molecule has 31 heavy (non-hydrogen) atoms. The average molecular weight is 416 g/mol. The van der Waals surface area contributed by atoms with E-state index in [0.29, 0.717) is 11.7 Å². The molecule has 0 saturated heterocycles. The van der Waals surface area contributed by atoms with Gasteiger partial charge in [-0.25, -0.2) is 9.67 Å². The molecule has 0 amide bonds. The zero-order chi connectivity index (χ0) is 21.6. The highest BCUT2D eigenvalue weighted by Crippen LogP contribution is 2.24. The molecule has 7 heteroatoms. The van der Waals surface area contributed by atoms with Crippen LogP contribution in [-0.2, 0) is 19.4 Å². The maximum absolute atomic E-state index is 4.82. The van der Waals surface area contributed by atoms with Gasteiger partial charge in [0, 0.05) is 18.4 Å². The third-order valence-corrected chi connectivity index (χ3v) is 5.22. The van der Waals surface area contributed by atoms with Crippen molar-refractivity contribution in [2.45, 2.75) is 53.0 Å². The Morgan fingerprint density at radius 1 is 1.00 bits per heavy atom. The third-order valence-electron chi connectivity index (χ3n) is 5.22. The summed E-state index contributed by atoms with van der Waals surface area (Å²) < 4.78 is 2.08. The van der Waals surface area contributed by atoms with E-state index in [1.54, 1.807) is 0 Å². The highest BCUT2D eigenvalue weighted by Gasteiger charge is 2.12. The molecule has 0 radical (unpaired) electrons. The van der Waals surface area contributed by atoms with E-state index < -0.39 is 0 Å². The van der Waals surface area contributed by atoms with E-state index in [-0.39, 0.29) is 0 Å². The van der Waals surface area contributed by atoms with E-state index >= 15 is 0 Å². The standard InChI is InChI=1S/C24H29N7/c1-4-5-9-22-25-23(14-17(2)3)31(28-22)16-18-10-12-19(13-11-18)20-7-6-8-21(15-20)24-26-29-30-27-24/h6-8,10-13,15,17H,4-5,9,14,16H2,1-3H3,(H,26,27,29,30). The topological polar surface area (TPSA) is 85.2 Å². The van der Waals surface area contributed by atoms with Crippen LogP contribution in [0.4, 0.5) is 0 Å². The second kappa shape index (κ2) is 9.64. The lowest BCUT2D eigenvalue weighted by Gasteiger charge is -2.09. The van der Waals surface area contributed by atoms with Gasteiger partial charge < -0.3 is 0 Å². The van der Waals surface area contributed by atoms with Crippen LogP contribution < -0.4 is 0 Å². The number of H-pyrrole nitrogens is 1. The molecule has 4 rings (SSSR count). The number of unbranched alkanes of at least 4 members (excludes halogenated alkanes) is 1. The van der Waals surface area contributed by atoms with E-state index in [1.165, 1.54) is 5.56 Å². The molecule has 160 valence electrons. The van der Waals surface area contributed by atoms with Gasteiger partial charge in [-0.15, -0.1) is 10.2 Å². The number of benzene rings is 2. The Balaban J connectivity index is 1.53. The summed E-state index contributed by atoms with van der Waals surface area (Å²) in [6.07, 6.45) is 4.18. The second-order valence-electron chi connectivity index (χ2n) is 8.32. The highest BCUT2D eigenvalue weighted by atomic mass is 15.5. The van der Waals surface area contributed by atoms with E-state index in [1.807, 2.05) is 12.1 Å². The van der Waals surface area contributed by atoms with Crippen molar-refractivity contribution in [1.29, 1.82) is 0 Å². The summed E-state index contributed by atoms with van der Waals surface area (Å²) in [4.78, 5) is 4.82. The molecular formula is C24H29N7. The molecule has 0 aliphatic heterocycles. The number of hydrogen-bond acceptors (Lipinski definition) is 5. The predicted octanol–water partition coefficient (Wildman–Crippen LogP) is 4.71. The molecule has 0 unspecified atom stereocenters. The maximum atomic E-state index is 4.82. The number of aromatic amines is 1. The number of rotatable bonds is 9. The zero-order valence-electron chi connectivity index (χ0n) is 18.4. The van der Waals surface area contributed by atoms with Crippen molar-refractivity contribution in [3.63, 3.8) is 0 Å². The molecule has 0 saturated carbocycles. The number of nitrogens with one attached hydrogen (secondary N) is 1. The van der Waals surface area contributed by atoms with Gasteiger partial charge in [0.25, 0.3) is 0 Å². The first-order valence-corrected chi connectivity index (χ1v) is 11.0. The largest absolute Gasteiger partial charge is 0.245 e. The van der Waals surface area contributed by atoms with Crippen molar-refractivity contribution in [2.24, 2.45) is 5.92 Å². The Kier molecular flexibility index (Phi) is 6.50. The van der Waals surface area contributed by atoms with Gasteiger partial charge in [-0.05, 0) is 40.3 Å². The molecule has 0 atom stereocenters. The molecule has 0 fully saturated rings. The zero-order valence-corrected chi connectivity index (χ0v) is 18.4. The smallest absolute Gasteiger partial charge is 0.204 e. The summed E-state index contributed by atoms with van der Waals surface area (Å²) in [5.41, 5.74) is 4.43. The van der Waals surface area contributed by atoms with Gasteiger partial charge >= 0.3 is 0 Å². The van der Waals surface area contributed by atoms with Gasteiger partial charge in [0.15, 0.2) is 5.82 Å². The van der Waals surface area contributed by atoms with Crippen molar-refractivity contribution >= 4 is 0 Å². The number of hydrogen-bond donors (Lipinski definition) is 1. The van der Waals surface area contributed by atoms with Crippen LogP contribution in [0.15, 0.2) is 48.5 Å². The van der Waals surface area contributed by atoms with E-state index in [2.05, 4.69) is 82.5 Å². The summed E-state index contributed by atoms with van der Waals surface area (Å²) >= 11 is 0. The first-order chi connectivity index (χ1) is 15.1. The van der Waals surface area contributed by atoms with Crippen LogP contribution in [0.1, 0.15) is 50.8 Å². The fraction of sp³-hybridized carbons (Fsp3) is 0.375. The summed E-state index contributed by atoms with van der Waals surface area (Å²) in [7, 11) is 0. The Bertz CT molecular complexity index is 1100. The van der Waals surface area contributed by atoms with Crippen molar-refractivity contribution in [2.75, 3.05) is 0 Å². The lowest BCUT2D eigenvalue weighted by molar-refractivity contribution is 0.562. The van der Waals surface area contributed by atoms with Crippen molar-refractivity contribution in [3.8, 4) is 22.5 Å². The van der Waals surface area contributed by atoms with Crippen LogP contribution in [0, 0.1) is 5.92 Å². The molecule has 7 nitrogen and oxygen atoms in total. The first kappa shape index (κ1) is 20.9. The summed E-state index contributed by atoms with van der Waals surface area (Å²) in [6.45, 7) is 7.39. The van der Waals surface area contributed by atoms with Crippen LogP contribution in [0.3, 0.4) is 0 Å². The minimum atomic E-state index is 0.552. The van der Waals surface area contributed by atoms with Gasteiger partial charge in [0.1, 0.15) is 5.82 Å². The van der Waals surface area contributed by atoms with Crippen molar-refractivity contribution < 1.29 is 0 Å². The van der Waals surface area contributed by atoms with E-state index in [0.717, 1.165) is 60.6 Å². The quantitative estimate of drug-likeness (QED) is 0.428. The Labute approximate surface area is 182 Å². The highest BCUT2D eigenvalue weighted by molar-refractivity contribution is 5.70. The summed E-state index contributed by atoms with van der Waals surface area (Å²) in [6, 6.07) is 16.8. The maximum Gasteiger partial charge on any atom is 0.204 e. The molecule has 0 aliphatic carbocycles. The van der Waals surface area contributed by atoms with Gasteiger partial charge in [0.05, 0.1) is 6.54 Å². The monoisotopic (exact) mass is 415 g/mol. The molecule has 2 aromatic heterocycles. The molecule has 1 N–H and O–H groups in total. The Morgan fingerprint density at radius 3 is 2.52 bits per heavy atom. The molecule has 2 heterocycles. The Hall–Kier alpha value is -3.35. The van der Waals surface area contributed by atoms with Crippen LogP contribution in [0.25, 0.3) is 22.5 Å². The number of tetrazole rings is 1. The number of nitrogens with zero attached hydrogens (tertiary/aromatic N) is 6. The Morgan fingerprint density at radius 2 is 1.81 bits per heavy atom. The van der Waals surface area contributed by atoms with Crippen molar-refractivity contribution in [1.82, 2.24) is 35.4 Å². The SMILES string of the molecule is CCCCc1nc(CC(C)C)n(Cc2ccc(-c3cccc(-c4nn[nH]n4)c3)cc2)n1. The van der Waals surface area contributed by atoms with Crippen LogP contribution in [0.2, 0.25) is 0 Å². The van der Waals surface area contributed by atoms with Crippen molar-refractivity contribution in [3.05, 3.63) is 65.7 Å². The van der Waals surface area contributed by atoms with E-state index in [9.17, 15) is 0 Å². The number of aryl methyl sites for hydroxylation is 1. The van der Waals surface area contributed by atoms with Crippen LogP contribution >= 0.6 is 0 Å². The van der Waals surface area contributed by atoms with Gasteiger partial charge in [0.2, 0.25) is 5.82 Å². The molecule has 0 bridgehead atoms. The lowest BCUT2D eigenvalue weighted by Crippen LogP contribution is -2.09. The van der Waals surface area contributed by atoms with Crippen LogP contribution in [-0.4, -0.2) is 35.4 Å². The van der Waals surface area contributed by atoms with Gasteiger partial charge in [-0.2, -0.15) is 10.3 Å². The average Bonchev–Trinajstić information content (AvgIpc) is 3.43. The fourth-order valence-corrected chi connectivity index (χ4v) is 3.61. The predicted molar refractivity (Wildman–Crippen MR) is 121 cm³/mol. The molecule has 4 aromatic rings. The fourth-order valence-electron chi connectivity index (χ4n) is 3.61. The lowest BCUT2D eigenvalue weighted by atomic mass is 10.0. The minimum Gasteiger partial charge on any atom is -0.245 e. The first-order valence-electron chi connectivity index (χ1n) is 11.0. The molecule has 0 aliphatic rings. The summed E-state index contributed by atoms with van der Waals surface area (Å²) in [5.74, 6) is 3.20. The van der Waals surface area contributed by atoms with E-state index in [4.69, 9.17) is 10.1 Å². The minimum absolute atomic E-state index is 0.552. The second-order valence-corrected chi connectivity index (χ2v) is 8.32. The normalized spacial score (nSPS) is 11.4. The van der Waals surface area contributed by atoms with Crippen LogP contribution in [0.5, 0.6) is 0 Å².